The first-order chi connectivity index (χ1) is 12.1. The predicted molar refractivity (Wildman–Crippen MR) is 80.4 cm³/mol. The third-order valence-corrected chi connectivity index (χ3v) is 4.83. The number of hydrogen-bond donors (Lipinski definition) is 1. The minimum atomic E-state index is -4.69. The first-order valence-electron chi connectivity index (χ1n) is 8.18. The van der Waals surface area contributed by atoms with Crippen molar-refractivity contribution in [1.29, 1.82) is 0 Å². The number of fused-ring (bicyclic) bond motifs is 1. The van der Waals surface area contributed by atoms with E-state index < -0.39 is 24.1 Å². The van der Waals surface area contributed by atoms with Gasteiger partial charge in [-0.25, -0.2) is 0 Å². The van der Waals surface area contributed by atoms with Crippen LogP contribution in [-0.2, 0) is 6.18 Å². The number of hydrogen-bond acceptors (Lipinski definition) is 4. The molecule has 1 atom stereocenters. The molecule has 1 N–H and O–H groups in total. The number of alkyl halides is 6. The quantitative estimate of drug-likeness (QED) is 0.805. The van der Waals surface area contributed by atoms with Crippen LogP contribution in [0.2, 0.25) is 0 Å². The van der Waals surface area contributed by atoms with Crippen molar-refractivity contribution in [3.05, 3.63) is 18.0 Å². The van der Waals surface area contributed by atoms with Gasteiger partial charge in [0.2, 0.25) is 0 Å². The number of nitrogens with one attached hydrogen (secondary N) is 1. The zero-order valence-corrected chi connectivity index (χ0v) is 13.8. The van der Waals surface area contributed by atoms with Gasteiger partial charge < -0.3 is 5.32 Å². The monoisotopic (exact) mass is 381 g/mol. The van der Waals surface area contributed by atoms with E-state index in [-0.39, 0.29) is 36.3 Å². The topological polar surface area (TPSA) is 55.1 Å². The van der Waals surface area contributed by atoms with Gasteiger partial charge in [-0.2, -0.15) is 30.9 Å². The Morgan fingerprint density at radius 3 is 2.27 bits per heavy atom. The summed E-state index contributed by atoms with van der Waals surface area (Å²) in [6.07, 6.45) is -7.92. The van der Waals surface area contributed by atoms with Gasteiger partial charge in [0.05, 0.1) is 5.92 Å². The summed E-state index contributed by atoms with van der Waals surface area (Å²) >= 11 is 0. The fourth-order valence-corrected chi connectivity index (χ4v) is 3.34. The molecule has 3 rings (SSSR count). The maximum atomic E-state index is 12.9. The molecule has 0 saturated heterocycles. The summed E-state index contributed by atoms with van der Waals surface area (Å²) < 4.78 is 77.5. The van der Waals surface area contributed by atoms with E-state index in [1.54, 1.807) is 6.92 Å². The molecule has 0 radical (unpaired) electrons. The number of anilines is 1. The summed E-state index contributed by atoms with van der Waals surface area (Å²) in [7, 11) is 0. The zero-order valence-electron chi connectivity index (χ0n) is 13.8. The van der Waals surface area contributed by atoms with E-state index >= 15 is 0 Å². The second-order valence-corrected chi connectivity index (χ2v) is 6.60. The highest BCUT2D eigenvalue weighted by molar-refractivity contribution is 5.44. The van der Waals surface area contributed by atoms with E-state index in [1.165, 1.54) is 12.1 Å². The van der Waals surface area contributed by atoms with Crippen molar-refractivity contribution in [2.45, 2.75) is 51.0 Å². The Morgan fingerprint density at radius 1 is 1.04 bits per heavy atom. The molecule has 0 aromatic carbocycles. The highest BCUT2D eigenvalue weighted by atomic mass is 19.4. The van der Waals surface area contributed by atoms with Crippen LogP contribution in [-0.4, -0.2) is 32.0 Å². The first kappa shape index (κ1) is 18.7. The van der Waals surface area contributed by atoms with Gasteiger partial charge in [0.25, 0.3) is 5.82 Å². The van der Waals surface area contributed by atoms with E-state index in [4.69, 9.17) is 0 Å². The van der Waals surface area contributed by atoms with Gasteiger partial charge in [-0.3, -0.25) is 0 Å². The lowest BCUT2D eigenvalue weighted by Crippen LogP contribution is -2.34. The molecule has 0 bridgehead atoms. The fourth-order valence-electron chi connectivity index (χ4n) is 3.34. The van der Waals surface area contributed by atoms with Crippen molar-refractivity contribution in [1.82, 2.24) is 19.8 Å². The first-order valence-corrected chi connectivity index (χ1v) is 8.18. The van der Waals surface area contributed by atoms with Crippen LogP contribution in [0, 0.1) is 11.8 Å². The Morgan fingerprint density at radius 2 is 1.69 bits per heavy atom. The van der Waals surface area contributed by atoms with Gasteiger partial charge in [0.1, 0.15) is 5.82 Å². The highest BCUT2D eigenvalue weighted by Crippen LogP contribution is 2.40. The maximum Gasteiger partial charge on any atom is 0.453 e. The van der Waals surface area contributed by atoms with Crippen molar-refractivity contribution in [2.24, 2.45) is 11.8 Å². The van der Waals surface area contributed by atoms with Crippen molar-refractivity contribution in [3.63, 3.8) is 0 Å². The van der Waals surface area contributed by atoms with Gasteiger partial charge in [0, 0.05) is 6.04 Å². The van der Waals surface area contributed by atoms with Gasteiger partial charge in [0.15, 0.2) is 5.65 Å². The van der Waals surface area contributed by atoms with Crippen LogP contribution in [0.1, 0.15) is 38.4 Å². The van der Waals surface area contributed by atoms with Crippen LogP contribution in [0.25, 0.3) is 5.65 Å². The summed E-state index contributed by atoms with van der Waals surface area (Å²) in [4.78, 5) is 0. The average molecular weight is 381 g/mol. The molecule has 2 aromatic rings. The third-order valence-electron chi connectivity index (χ3n) is 4.83. The largest absolute Gasteiger partial charge is 0.453 e. The molecule has 0 amide bonds. The molecule has 2 aromatic heterocycles. The standard InChI is InChI=1S/C15H17F6N5/c1-8(9-2-4-10(5-3-9)14(16,17)18)22-11-6-7-12-23-24-13(15(19,20)21)26(12)25-11/h6-10H,2-5H2,1H3,(H,22,25). The van der Waals surface area contributed by atoms with Gasteiger partial charge in [-0.15, -0.1) is 15.3 Å². The minimum Gasteiger partial charge on any atom is -0.366 e. The zero-order chi connectivity index (χ0) is 19.1. The van der Waals surface area contributed by atoms with E-state index in [2.05, 4.69) is 20.6 Å². The molecule has 0 aliphatic heterocycles. The third kappa shape index (κ3) is 3.85. The van der Waals surface area contributed by atoms with Crippen LogP contribution in [0.4, 0.5) is 32.2 Å². The molecule has 2 heterocycles. The molecule has 5 nitrogen and oxygen atoms in total. The van der Waals surface area contributed by atoms with E-state index in [0.717, 1.165) is 0 Å². The second kappa shape index (κ2) is 6.58. The van der Waals surface area contributed by atoms with Crippen LogP contribution < -0.4 is 5.32 Å². The van der Waals surface area contributed by atoms with Gasteiger partial charge >= 0.3 is 12.4 Å². The summed E-state index contributed by atoms with van der Waals surface area (Å²) in [6.45, 7) is 1.79. The molecular formula is C15H17F6N5. The molecule has 144 valence electrons. The molecule has 1 unspecified atom stereocenters. The lowest BCUT2D eigenvalue weighted by molar-refractivity contribution is -0.184. The summed E-state index contributed by atoms with van der Waals surface area (Å²) in [5.41, 5.74) is -0.0405. The smallest absolute Gasteiger partial charge is 0.366 e. The summed E-state index contributed by atoms with van der Waals surface area (Å²) in [6, 6.07) is 2.60. The highest BCUT2D eigenvalue weighted by Gasteiger charge is 2.42. The van der Waals surface area contributed by atoms with Crippen LogP contribution in [0.5, 0.6) is 0 Å². The Labute approximate surface area is 144 Å². The van der Waals surface area contributed by atoms with Crippen LogP contribution in [0.15, 0.2) is 12.1 Å². The van der Waals surface area contributed by atoms with Gasteiger partial charge in [-0.1, -0.05) is 0 Å². The molecule has 1 aliphatic carbocycles. The van der Waals surface area contributed by atoms with E-state index in [9.17, 15) is 26.3 Å². The molecule has 1 saturated carbocycles. The molecule has 26 heavy (non-hydrogen) atoms. The van der Waals surface area contributed by atoms with Crippen LogP contribution in [0.3, 0.4) is 0 Å². The van der Waals surface area contributed by atoms with E-state index in [1.807, 2.05) is 0 Å². The lowest BCUT2D eigenvalue weighted by Gasteiger charge is -2.33. The number of aromatic nitrogens is 4. The number of rotatable bonds is 3. The molecule has 11 heteroatoms. The Balaban J connectivity index is 1.69. The molecule has 0 spiro atoms. The lowest BCUT2D eigenvalue weighted by atomic mass is 9.78. The fraction of sp³-hybridized carbons (Fsp3) is 0.667. The molecule has 1 fully saturated rings. The number of nitrogens with zero attached hydrogens (tertiary/aromatic N) is 4. The Hall–Kier alpha value is -2.07. The Bertz CT molecular complexity index is 760. The molecule has 1 aliphatic rings. The minimum absolute atomic E-state index is 0.00547. The number of halogens is 6. The SMILES string of the molecule is CC(Nc1ccc2nnc(C(F)(F)F)n2n1)C1CCC(C(F)(F)F)CC1. The summed E-state index contributed by atoms with van der Waals surface area (Å²) in [5, 5.41) is 13.4. The van der Waals surface area contributed by atoms with Crippen molar-refractivity contribution >= 4 is 11.5 Å². The average Bonchev–Trinajstić information content (AvgIpc) is 2.97. The van der Waals surface area contributed by atoms with Crippen LogP contribution >= 0.6 is 0 Å². The second-order valence-electron chi connectivity index (χ2n) is 6.60. The normalized spacial score (nSPS) is 23.2. The Kier molecular flexibility index (Phi) is 4.74. The van der Waals surface area contributed by atoms with Gasteiger partial charge in [-0.05, 0) is 50.7 Å². The summed E-state index contributed by atoms with van der Waals surface area (Å²) in [5.74, 6) is -2.32. The maximum absolute atomic E-state index is 12.9. The predicted octanol–water partition coefficient (Wildman–Crippen LogP) is 4.31. The van der Waals surface area contributed by atoms with E-state index in [0.29, 0.717) is 17.4 Å². The molecular weight excluding hydrogens is 364 g/mol. The van der Waals surface area contributed by atoms with Crippen molar-refractivity contribution in [2.75, 3.05) is 5.32 Å². The van der Waals surface area contributed by atoms with Crippen molar-refractivity contribution in [3.8, 4) is 0 Å². The van der Waals surface area contributed by atoms with Crippen molar-refractivity contribution < 1.29 is 26.3 Å².